The smallest absolute Gasteiger partial charge is 0.244 e. The molecule has 33 heavy (non-hydrogen) atoms. The van der Waals surface area contributed by atoms with E-state index in [9.17, 15) is 13.2 Å². The molecule has 0 unspecified atom stereocenters. The van der Waals surface area contributed by atoms with Crippen molar-refractivity contribution in [3.63, 3.8) is 0 Å². The van der Waals surface area contributed by atoms with Gasteiger partial charge in [-0.15, -0.1) is 0 Å². The molecule has 2 atom stereocenters. The molecule has 0 spiro atoms. The fraction of sp³-hybridized carbons (Fsp3) is 0.296. The Labute approximate surface area is 197 Å². The van der Waals surface area contributed by atoms with Crippen LogP contribution in [0.1, 0.15) is 47.2 Å². The first-order chi connectivity index (χ1) is 15.6. The number of anilines is 1. The molecule has 0 fully saturated rings. The lowest BCUT2D eigenvalue weighted by atomic mass is 9.94. The molecule has 0 aliphatic rings. The summed E-state index contributed by atoms with van der Waals surface area (Å²) >= 11 is 0. The lowest BCUT2D eigenvalue weighted by molar-refractivity contribution is -0.122. The molecule has 174 valence electrons. The molecule has 0 heterocycles. The molecular weight excluding hydrogens is 432 g/mol. The Morgan fingerprint density at radius 2 is 1.52 bits per heavy atom. The van der Waals surface area contributed by atoms with Crippen molar-refractivity contribution < 1.29 is 13.2 Å². The zero-order valence-electron chi connectivity index (χ0n) is 19.9. The van der Waals surface area contributed by atoms with Gasteiger partial charge in [-0.3, -0.25) is 9.10 Å². The average molecular weight is 465 g/mol. The molecule has 0 saturated heterocycles. The second kappa shape index (κ2) is 10.2. The molecule has 3 aromatic rings. The molecule has 5 nitrogen and oxygen atoms in total. The summed E-state index contributed by atoms with van der Waals surface area (Å²) in [7, 11) is -3.70. The molecule has 0 aliphatic carbocycles. The molecule has 0 aromatic heterocycles. The summed E-state index contributed by atoms with van der Waals surface area (Å²) in [5.41, 5.74) is 5.49. The van der Waals surface area contributed by atoms with Crippen molar-refractivity contribution in [3.8, 4) is 0 Å². The van der Waals surface area contributed by atoms with Gasteiger partial charge in [-0.05, 0) is 67.1 Å². The Bertz CT molecular complexity index is 1220. The van der Waals surface area contributed by atoms with Gasteiger partial charge in [0.1, 0.15) is 6.04 Å². The second-order valence-electron chi connectivity index (χ2n) is 8.46. The molecule has 1 N–H and O–H groups in total. The summed E-state index contributed by atoms with van der Waals surface area (Å²) in [6.07, 6.45) is 1.48. The number of amides is 1. The number of benzene rings is 3. The Morgan fingerprint density at radius 1 is 0.879 bits per heavy atom. The maximum atomic E-state index is 13.6. The fourth-order valence-electron chi connectivity index (χ4n) is 4.06. The number of aryl methyl sites for hydroxylation is 3. The van der Waals surface area contributed by atoms with Crippen LogP contribution in [-0.4, -0.2) is 26.6 Å². The zero-order chi connectivity index (χ0) is 24.2. The third-order valence-corrected chi connectivity index (χ3v) is 7.17. The highest BCUT2D eigenvalue weighted by atomic mass is 32.2. The molecule has 0 radical (unpaired) electrons. The number of hydrogen-bond donors (Lipinski definition) is 1. The SMILES string of the molecule is CC[C@H](C(=O)N[C@@H](c1ccccc1)c1ccccc1C)N(c1ccc(C)c(C)c1)S(C)(=O)=O. The van der Waals surface area contributed by atoms with Gasteiger partial charge < -0.3 is 5.32 Å². The van der Waals surface area contributed by atoms with Gasteiger partial charge in [0, 0.05) is 0 Å². The molecule has 1 amide bonds. The Kier molecular flexibility index (Phi) is 7.59. The van der Waals surface area contributed by atoms with Crippen LogP contribution in [0.3, 0.4) is 0 Å². The predicted molar refractivity (Wildman–Crippen MR) is 135 cm³/mol. The first kappa shape index (κ1) is 24.5. The van der Waals surface area contributed by atoms with E-state index >= 15 is 0 Å². The van der Waals surface area contributed by atoms with Crippen LogP contribution in [0.4, 0.5) is 5.69 Å². The molecular formula is C27H32N2O3S. The average Bonchev–Trinajstić information content (AvgIpc) is 2.78. The van der Waals surface area contributed by atoms with Crippen LogP contribution in [0, 0.1) is 20.8 Å². The van der Waals surface area contributed by atoms with Crippen LogP contribution in [0.25, 0.3) is 0 Å². The Morgan fingerprint density at radius 3 is 2.09 bits per heavy atom. The van der Waals surface area contributed by atoms with Gasteiger partial charge in [0.2, 0.25) is 15.9 Å². The molecule has 0 saturated carbocycles. The first-order valence-electron chi connectivity index (χ1n) is 11.1. The van der Waals surface area contributed by atoms with E-state index in [0.29, 0.717) is 12.1 Å². The number of rotatable bonds is 8. The second-order valence-corrected chi connectivity index (χ2v) is 10.3. The van der Waals surface area contributed by atoms with E-state index in [1.165, 1.54) is 4.31 Å². The summed E-state index contributed by atoms with van der Waals surface area (Å²) < 4.78 is 27.0. The summed E-state index contributed by atoms with van der Waals surface area (Å²) in [6, 6.07) is 21.8. The summed E-state index contributed by atoms with van der Waals surface area (Å²) in [5, 5.41) is 3.14. The van der Waals surface area contributed by atoms with Crippen molar-refractivity contribution >= 4 is 21.6 Å². The number of nitrogens with one attached hydrogen (secondary N) is 1. The third kappa shape index (κ3) is 5.63. The minimum atomic E-state index is -3.70. The van der Waals surface area contributed by atoms with E-state index in [4.69, 9.17) is 0 Å². The van der Waals surface area contributed by atoms with Crippen LogP contribution in [0.5, 0.6) is 0 Å². The molecule has 0 aliphatic heterocycles. The van der Waals surface area contributed by atoms with E-state index in [-0.39, 0.29) is 5.91 Å². The predicted octanol–water partition coefficient (Wildman–Crippen LogP) is 5.06. The number of hydrogen-bond acceptors (Lipinski definition) is 3. The quantitative estimate of drug-likeness (QED) is 0.507. The number of sulfonamides is 1. The van der Waals surface area contributed by atoms with Crippen LogP contribution >= 0.6 is 0 Å². The van der Waals surface area contributed by atoms with E-state index in [0.717, 1.165) is 34.1 Å². The topological polar surface area (TPSA) is 66.5 Å². The van der Waals surface area contributed by atoms with Crippen molar-refractivity contribution in [1.82, 2.24) is 5.32 Å². The van der Waals surface area contributed by atoms with Gasteiger partial charge in [0.25, 0.3) is 0 Å². The molecule has 3 rings (SSSR count). The van der Waals surface area contributed by atoms with Crippen molar-refractivity contribution in [1.29, 1.82) is 0 Å². The highest BCUT2D eigenvalue weighted by molar-refractivity contribution is 7.92. The van der Waals surface area contributed by atoms with Crippen molar-refractivity contribution in [2.75, 3.05) is 10.6 Å². The maximum Gasteiger partial charge on any atom is 0.244 e. The normalized spacial score (nSPS) is 13.2. The number of nitrogens with zero attached hydrogens (tertiary/aromatic N) is 1. The van der Waals surface area contributed by atoms with Crippen LogP contribution in [0.2, 0.25) is 0 Å². The van der Waals surface area contributed by atoms with Crippen LogP contribution in [0.15, 0.2) is 72.8 Å². The van der Waals surface area contributed by atoms with Crippen molar-refractivity contribution in [2.24, 2.45) is 0 Å². The minimum Gasteiger partial charge on any atom is -0.343 e. The monoisotopic (exact) mass is 464 g/mol. The van der Waals surface area contributed by atoms with E-state index in [1.54, 1.807) is 6.07 Å². The highest BCUT2D eigenvalue weighted by Crippen LogP contribution is 2.28. The Hall–Kier alpha value is -3.12. The van der Waals surface area contributed by atoms with Gasteiger partial charge in [-0.25, -0.2) is 8.42 Å². The largest absolute Gasteiger partial charge is 0.343 e. The van der Waals surface area contributed by atoms with E-state index in [2.05, 4.69) is 5.32 Å². The lowest BCUT2D eigenvalue weighted by Crippen LogP contribution is -2.50. The van der Waals surface area contributed by atoms with Gasteiger partial charge in [-0.2, -0.15) is 0 Å². The highest BCUT2D eigenvalue weighted by Gasteiger charge is 2.33. The van der Waals surface area contributed by atoms with Gasteiger partial charge in [-0.1, -0.05) is 67.6 Å². The summed E-state index contributed by atoms with van der Waals surface area (Å²) in [5.74, 6) is -0.335. The zero-order valence-corrected chi connectivity index (χ0v) is 20.7. The van der Waals surface area contributed by atoms with Gasteiger partial charge in [0.05, 0.1) is 18.0 Å². The minimum absolute atomic E-state index is 0.334. The molecule has 3 aromatic carbocycles. The van der Waals surface area contributed by atoms with Crippen molar-refractivity contribution in [3.05, 3.63) is 101 Å². The summed E-state index contributed by atoms with van der Waals surface area (Å²) in [6.45, 7) is 7.74. The van der Waals surface area contributed by atoms with Crippen molar-refractivity contribution in [2.45, 2.75) is 46.2 Å². The lowest BCUT2D eigenvalue weighted by Gasteiger charge is -2.32. The number of carbonyl (C=O) groups is 1. The maximum absolute atomic E-state index is 13.6. The van der Waals surface area contributed by atoms with Gasteiger partial charge >= 0.3 is 0 Å². The molecule has 6 heteroatoms. The van der Waals surface area contributed by atoms with Gasteiger partial charge in [0.15, 0.2) is 0 Å². The fourth-order valence-corrected chi connectivity index (χ4v) is 5.26. The Balaban J connectivity index is 2.03. The first-order valence-corrected chi connectivity index (χ1v) is 13.0. The summed E-state index contributed by atoms with van der Waals surface area (Å²) in [4.78, 5) is 13.6. The van der Waals surface area contributed by atoms with E-state index in [1.807, 2.05) is 94.4 Å². The van der Waals surface area contributed by atoms with Crippen LogP contribution < -0.4 is 9.62 Å². The standard InChI is InChI=1S/C27H32N2O3S/c1-6-25(29(33(5,31)32)23-17-16-19(2)21(4)18-23)27(30)28-26(22-13-8-7-9-14-22)24-15-11-10-12-20(24)3/h7-18,25-26H,6H2,1-5H3,(H,28,30)/t25-,26+/m1/s1. The van der Waals surface area contributed by atoms with E-state index < -0.39 is 22.1 Å². The third-order valence-electron chi connectivity index (χ3n) is 5.99. The molecule has 0 bridgehead atoms. The number of carbonyl (C=O) groups excluding carboxylic acids is 1. The van der Waals surface area contributed by atoms with Crippen LogP contribution in [-0.2, 0) is 14.8 Å².